The van der Waals surface area contributed by atoms with Crippen LogP contribution < -0.4 is 10.2 Å². The lowest BCUT2D eigenvalue weighted by Gasteiger charge is -2.21. The molecule has 2 aromatic carbocycles. The van der Waals surface area contributed by atoms with Gasteiger partial charge < -0.3 is 10.2 Å². The first-order valence-electron chi connectivity index (χ1n) is 7.92. The second-order valence-corrected chi connectivity index (χ2v) is 5.66. The van der Waals surface area contributed by atoms with Crippen LogP contribution >= 0.6 is 0 Å². The Bertz CT molecular complexity index is 835. The lowest BCUT2D eigenvalue weighted by molar-refractivity contribution is -0.116. The van der Waals surface area contributed by atoms with E-state index in [-0.39, 0.29) is 30.3 Å². The highest BCUT2D eigenvalue weighted by molar-refractivity contribution is 5.96. The molecule has 5 nitrogen and oxygen atoms in total. The molecule has 2 rings (SSSR count). The molecule has 0 saturated carbocycles. The maximum absolute atomic E-state index is 13.2. The number of carbonyl (C=O) groups excluding carboxylic acids is 3. The third-order valence-corrected chi connectivity index (χ3v) is 3.77. The Morgan fingerprint density at radius 3 is 2.08 bits per heavy atom. The number of nitrogens with one attached hydrogen (secondary N) is 1. The molecule has 7 heteroatoms. The fourth-order valence-corrected chi connectivity index (χ4v) is 2.37. The molecule has 0 aliphatic heterocycles. The molecule has 0 radical (unpaired) electrons. The predicted molar refractivity (Wildman–Crippen MR) is 93.2 cm³/mol. The number of rotatable bonds is 6. The van der Waals surface area contributed by atoms with E-state index in [4.69, 9.17) is 0 Å². The smallest absolute Gasteiger partial charge is 0.251 e. The zero-order chi connectivity index (χ0) is 19.3. The number of ketones is 1. The molecule has 0 spiro atoms. The second kappa shape index (κ2) is 8.33. The van der Waals surface area contributed by atoms with Gasteiger partial charge in [0.25, 0.3) is 5.91 Å². The van der Waals surface area contributed by atoms with E-state index < -0.39 is 17.5 Å². The minimum atomic E-state index is -1.10. The Labute approximate surface area is 149 Å². The van der Waals surface area contributed by atoms with Crippen LogP contribution in [0.2, 0.25) is 0 Å². The van der Waals surface area contributed by atoms with Crippen molar-refractivity contribution >= 4 is 23.3 Å². The van der Waals surface area contributed by atoms with E-state index >= 15 is 0 Å². The fourth-order valence-electron chi connectivity index (χ4n) is 2.37. The molecule has 1 N–H and O–H groups in total. The summed E-state index contributed by atoms with van der Waals surface area (Å²) >= 11 is 0. The lowest BCUT2D eigenvalue weighted by Crippen LogP contribution is -2.37. The number of amides is 2. The summed E-state index contributed by atoms with van der Waals surface area (Å²) in [6.45, 7) is 3.14. The van der Waals surface area contributed by atoms with Gasteiger partial charge in [-0.25, -0.2) is 8.78 Å². The molecule has 0 heterocycles. The summed E-state index contributed by atoms with van der Waals surface area (Å²) in [5, 5.41) is 2.55. The first kappa shape index (κ1) is 19.2. The van der Waals surface area contributed by atoms with E-state index in [9.17, 15) is 23.2 Å². The van der Waals surface area contributed by atoms with Crippen LogP contribution in [0.3, 0.4) is 0 Å². The van der Waals surface area contributed by atoms with Gasteiger partial charge in [-0.1, -0.05) is 0 Å². The monoisotopic (exact) mass is 360 g/mol. The van der Waals surface area contributed by atoms with E-state index in [1.807, 2.05) is 0 Å². The molecule has 136 valence electrons. The van der Waals surface area contributed by atoms with Crippen molar-refractivity contribution in [2.75, 3.05) is 18.0 Å². The van der Waals surface area contributed by atoms with Crippen molar-refractivity contribution in [1.29, 1.82) is 0 Å². The quantitative estimate of drug-likeness (QED) is 0.806. The maximum atomic E-state index is 13.2. The molecule has 0 unspecified atom stereocenters. The minimum absolute atomic E-state index is 0.0101. The topological polar surface area (TPSA) is 66.5 Å². The van der Waals surface area contributed by atoms with Crippen LogP contribution in [-0.4, -0.2) is 30.7 Å². The number of hydrogen-bond acceptors (Lipinski definition) is 3. The molecular weight excluding hydrogens is 342 g/mol. The zero-order valence-corrected chi connectivity index (χ0v) is 14.4. The van der Waals surface area contributed by atoms with Crippen molar-refractivity contribution in [1.82, 2.24) is 5.32 Å². The number of halogens is 2. The lowest BCUT2D eigenvalue weighted by atomic mass is 10.1. The molecular formula is C19H18F2N2O3. The number of Topliss-reactive ketones (excluding diaryl/α,β-unsaturated/α-hetero) is 1. The van der Waals surface area contributed by atoms with E-state index in [0.717, 1.165) is 12.1 Å². The van der Waals surface area contributed by atoms with Crippen LogP contribution in [0.15, 0.2) is 42.5 Å². The SMILES string of the molecule is CC(=O)c1ccc(N(CCNC(=O)c2ccc(F)c(F)c2)C(C)=O)cc1. The van der Waals surface area contributed by atoms with Gasteiger partial charge in [0.2, 0.25) is 5.91 Å². The summed E-state index contributed by atoms with van der Waals surface area (Å²) < 4.78 is 26.1. The average molecular weight is 360 g/mol. The van der Waals surface area contributed by atoms with Crippen LogP contribution in [0.5, 0.6) is 0 Å². The third kappa shape index (κ3) is 4.72. The first-order valence-corrected chi connectivity index (χ1v) is 7.92. The molecule has 0 aromatic heterocycles. The molecule has 2 aromatic rings. The van der Waals surface area contributed by atoms with E-state index in [2.05, 4.69) is 5.32 Å². The summed E-state index contributed by atoms with van der Waals surface area (Å²) in [7, 11) is 0. The van der Waals surface area contributed by atoms with Crippen molar-refractivity contribution < 1.29 is 23.2 Å². The molecule has 0 aliphatic carbocycles. The van der Waals surface area contributed by atoms with Crippen molar-refractivity contribution in [3.8, 4) is 0 Å². The Morgan fingerprint density at radius 1 is 0.923 bits per heavy atom. The molecule has 2 amide bonds. The summed E-state index contributed by atoms with van der Waals surface area (Å²) in [5.74, 6) is -3.02. The van der Waals surface area contributed by atoms with Gasteiger partial charge >= 0.3 is 0 Å². The zero-order valence-electron chi connectivity index (χ0n) is 14.4. The van der Waals surface area contributed by atoms with Gasteiger partial charge in [-0.2, -0.15) is 0 Å². The van der Waals surface area contributed by atoms with Crippen LogP contribution in [0.4, 0.5) is 14.5 Å². The Morgan fingerprint density at radius 2 is 1.54 bits per heavy atom. The van der Waals surface area contributed by atoms with E-state index in [0.29, 0.717) is 11.3 Å². The van der Waals surface area contributed by atoms with Gasteiger partial charge in [0.05, 0.1) is 0 Å². The van der Waals surface area contributed by atoms with E-state index in [1.54, 1.807) is 24.3 Å². The van der Waals surface area contributed by atoms with Crippen LogP contribution in [0.1, 0.15) is 34.6 Å². The van der Waals surface area contributed by atoms with Gasteiger partial charge in [0.1, 0.15) is 0 Å². The molecule has 0 saturated heterocycles. The van der Waals surface area contributed by atoms with Gasteiger partial charge in [-0.3, -0.25) is 14.4 Å². The standard InChI is InChI=1S/C19H18F2N2O3/c1-12(24)14-3-6-16(7-4-14)23(13(2)25)10-9-22-19(26)15-5-8-17(20)18(21)11-15/h3-8,11H,9-10H2,1-2H3,(H,22,26). The molecule has 0 atom stereocenters. The Balaban J connectivity index is 2.00. The van der Waals surface area contributed by atoms with Crippen LogP contribution in [0.25, 0.3) is 0 Å². The predicted octanol–water partition coefficient (Wildman–Crippen LogP) is 2.95. The van der Waals surface area contributed by atoms with Gasteiger partial charge in [0, 0.05) is 36.8 Å². The Kier molecular flexibility index (Phi) is 6.16. The van der Waals surface area contributed by atoms with Crippen molar-refractivity contribution in [2.45, 2.75) is 13.8 Å². The summed E-state index contributed by atoms with van der Waals surface area (Å²) in [6.07, 6.45) is 0. The largest absolute Gasteiger partial charge is 0.350 e. The van der Waals surface area contributed by atoms with Gasteiger partial charge in [0.15, 0.2) is 17.4 Å². The number of hydrogen-bond donors (Lipinski definition) is 1. The molecule has 0 bridgehead atoms. The van der Waals surface area contributed by atoms with E-state index in [1.165, 1.54) is 24.8 Å². The molecule has 0 fully saturated rings. The molecule has 26 heavy (non-hydrogen) atoms. The highest BCUT2D eigenvalue weighted by atomic mass is 19.2. The van der Waals surface area contributed by atoms with Crippen LogP contribution in [-0.2, 0) is 4.79 Å². The fraction of sp³-hybridized carbons (Fsp3) is 0.211. The first-order chi connectivity index (χ1) is 12.3. The van der Waals surface area contributed by atoms with Gasteiger partial charge in [-0.05, 0) is 49.4 Å². The maximum Gasteiger partial charge on any atom is 0.251 e. The third-order valence-electron chi connectivity index (χ3n) is 3.77. The summed E-state index contributed by atoms with van der Waals surface area (Å²) in [5.41, 5.74) is 1.11. The number of carbonyl (C=O) groups is 3. The normalized spacial score (nSPS) is 10.3. The highest BCUT2D eigenvalue weighted by Gasteiger charge is 2.14. The van der Waals surface area contributed by atoms with Crippen molar-refractivity contribution in [2.24, 2.45) is 0 Å². The number of nitrogens with zero attached hydrogens (tertiary/aromatic N) is 1. The highest BCUT2D eigenvalue weighted by Crippen LogP contribution is 2.16. The van der Waals surface area contributed by atoms with Crippen molar-refractivity contribution in [3.05, 3.63) is 65.2 Å². The number of benzene rings is 2. The minimum Gasteiger partial charge on any atom is -0.350 e. The summed E-state index contributed by atoms with van der Waals surface area (Å²) in [6, 6.07) is 9.40. The average Bonchev–Trinajstić information content (AvgIpc) is 2.60. The summed E-state index contributed by atoms with van der Waals surface area (Å²) in [4.78, 5) is 36.6. The number of anilines is 1. The molecule has 0 aliphatic rings. The second-order valence-electron chi connectivity index (χ2n) is 5.66. The van der Waals surface area contributed by atoms with Crippen molar-refractivity contribution in [3.63, 3.8) is 0 Å². The van der Waals surface area contributed by atoms with Gasteiger partial charge in [-0.15, -0.1) is 0 Å². The van der Waals surface area contributed by atoms with Crippen LogP contribution in [0, 0.1) is 11.6 Å². The Hall–Kier alpha value is -3.09.